The zero-order valence-corrected chi connectivity index (χ0v) is 28.3. The molecule has 0 unspecified atom stereocenters. The van der Waals surface area contributed by atoms with Gasteiger partial charge in [-0.25, -0.2) is 14.8 Å². The normalized spacial score (nSPS) is 17.2. The number of ether oxygens (including phenoxy) is 1. The zero-order chi connectivity index (χ0) is 32.8. The molecule has 5 aromatic rings. The van der Waals surface area contributed by atoms with Crippen molar-refractivity contribution < 1.29 is 14.6 Å². The highest BCUT2D eigenvalue weighted by Crippen LogP contribution is 2.40. The molecule has 0 spiro atoms. The van der Waals surface area contributed by atoms with Crippen molar-refractivity contribution in [2.45, 2.75) is 64.5 Å². The quantitative estimate of drug-likeness (QED) is 0.212. The number of carboxylic acids is 1. The summed E-state index contributed by atoms with van der Waals surface area (Å²) in [6.07, 6.45) is 8.71. The molecular weight excluding hydrogens is 636 g/mol. The van der Waals surface area contributed by atoms with Gasteiger partial charge in [-0.05, 0) is 83.3 Å². The molecular formula is C35H37ClN6O4S. The number of nitrogens with zero attached hydrogens (tertiary/aromatic N) is 6. The monoisotopic (exact) mass is 672 g/mol. The summed E-state index contributed by atoms with van der Waals surface area (Å²) in [5.74, 6) is 0.762. The van der Waals surface area contributed by atoms with Gasteiger partial charge in [0.2, 0.25) is 0 Å². The van der Waals surface area contributed by atoms with Gasteiger partial charge in [0.05, 0.1) is 40.0 Å². The molecule has 0 saturated carbocycles. The summed E-state index contributed by atoms with van der Waals surface area (Å²) in [5.41, 5.74) is 5.82. The number of fused-ring (bicyclic) bond motifs is 2. The van der Waals surface area contributed by atoms with Crippen LogP contribution in [0.25, 0.3) is 21.3 Å². The second kappa shape index (κ2) is 12.9. The lowest BCUT2D eigenvalue weighted by atomic mass is 9.87. The minimum atomic E-state index is -1.01. The number of aromatic carboxylic acids is 1. The Morgan fingerprint density at radius 3 is 2.68 bits per heavy atom. The molecule has 1 saturated heterocycles. The molecule has 1 aliphatic carbocycles. The second-order valence-electron chi connectivity index (χ2n) is 12.6. The number of piperidine rings is 1. The maximum atomic E-state index is 13.9. The fourth-order valence-electron chi connectivity index (χ4n) is 7.16. The summed E-state index contributed by atoms with van der Waals surface area (Å²) < 4.78 is 10.8. The minimum absolute atomic E-state index is 0.0201. The fraction of sp³-hybridized carbons (Fsp3) is 0.400. The lowest BCUT2D eigenvalue weighted by molar-refractivity contribution is 0.0699. The van der Waals surface area contributed by atoms with Gasteiger partial charge in [-0.3, -0.25) is 19.2 Å². The molecule has 0 bridgehead atoms. The number of pyridine rings is 1. The lowest BCUT2D eigenvalue weighted by Crippen LogP contribution is -2.46. The van der Waals surface area contributed by atoms with Crippen LogP contribution in [-0.4, -0.2) is 65.8 Å². The molecule has 5 heterocycles. The number of rotatable bonds is 8. The largest absolute Gasteiger partial charge is 0.491 e. The Balaban J connectivity index is 1.07. The van der Waals surface area contributed by atoms with Crippen LogP contribution in [0, 0.1) is 13.8 Å². The van der Waals surface area contributed by atoms with Gasteiger partial charge in [0.15, 0.2) is 0 Å². The van der Waals surface area contributed by atoms with Crippen LogP contribution in [0.5, 0.6) is 5.75 Å². The number of aryl methyl sites for hydroxylation is 4. The number of hydrogen-bond donors (Lipinski definition) is 1. The molecule has 1 atom stereocenters. The summed E-state index contributed by atoms with van der Waals surface area (Å²) >= 11 is 7.77. The molecule has 7 rings (SSSR count). The van der Waals surface area contributed by atoms with Crippen LogP contribution in [-0.2, 0) is 26.4 Å². The highest BCUT2D eigenvalue weighted by atomic mass is 35.5. The van der Waals surface area contributed by atoms with Crippen molar-refractivity contribution in [3.05, 3.63) is 91.6 Å². The van der Waals surface area contributed by atoms with Crippen LogP contribution in [0.1, 0.15) is 64.0 Å². The molecule has 12 heteroatoms. The third-order valence-electron chi connectivity index (χ3n) is 9.57. The molecule has 1 aromatic carbocycles. The highest BCUT2D eigenvalue weighted by molar-refractivity contribution is 7.18. The van der Waals surface area contributed by atoms with Crippen molar-refractivity contribution in [2.75, 3.05) is 19.7 Å². The van der Waals surface area contributed by atoms with Crippen molar-refractivity contribution in [3.63, 3.8) is 0 Å². The number of carbonyl (C=O) groups is 1. The number of hydrogen-bond acceptors (Lipinski definition) is 8. The first-order valence-electron chi connectivity index (χ1n) is 16.0. The van der Waals surface area contributed by atoms with Gasteiger partial charge >= 0.3 is 5.97 Å². The Labute approximate surface area is 281 Å². The van der Waals surface area contributed by atoms with Gasteiger partial charge < -0.3 is 14.4 Å². The van der Waals surface area contributed by atoms with Gasteiger partial charge in [-0.1, -0.05) is 11.6 Å². The average Bonchev–Trinajstić information content (AvgIpc) is 3.69. The van der Waals surface area contributed by atoms with Crippen molar-refractivity contribution in [3.8, 4) is 16.9 Å². The van der Waals surface area contributed by atoms with Crippen LogP contribution in [0.15, 0.2) is 47.0 Å². The minimum Gasteiger partial charge on any atom is -0.491 e. The molecule has 1 fully saturated rings. The van der Waals surface area contributed by atoms with E-state index < -0.39 is 5.97 Å². The third kappa shape index (κ3) is 6.19. The van der Waals surface area contributed by atoms with E-state index in [0.29, 0.717) is 52.7 Å². The van der Waals surface area contributed by atoms with Crippen LogP contribution >= 0.6 is 22.9 Å². The van der Waals surface area contributed by atoms with E-state index in [2.05, 4.69) is 21.1 Å². The summed E-state index contributed by atoms with van der Waals surface area (Å²) in [5, 5.41) is 11.8. The molecule has 1 aliphatic heterocycles. The molecule has 47 heavy (non-hydrogen) atoms. The summed E-state index contributed by atoms with van der Waals surface area (Å²) in [6, 6.07) is 7.66. The summed E-state index contributed by atoms with van der Waals surface area (Å²) in [7, 11) is 2.01. The smallest absolute Gasteiger partial charge is 0.338 e. The molecule has 0 amide bonds. The van der Waals surface area contributed by atoms with E-state index >= 15 is 0 Å². The van der Waals surface area contributed by atoms with Crippen molar-refractivity contribution in [2.24, 2.45) is 7.05 Å². The van der Waals surface area contributed by atoms with Crippen molar-refractivity contribution >= 4 is 39.1 Å². The Morgan fingerprint density at radius 2 is 1.94 bits per heavy atom. The maximum absolute atomic E-state index is 13.9. The number of aromatic nitrogens is 5. The fourth-order valence-corrected chi connectivity index (χ4v) is 8.35. The van der Waals surface area contributed by atoms with E-state index in [0.717, 1.165) is 65.9 Å². The van der Waals surface area contributed by atoms with Gasteiger partial charge in [-0.15, -0.1) is 11.3 Å². The summed E-state index contributed by atoms with van der Waals surface area (Å²) in [6.45, 7) is 6.34. The highest BCUT2D eigenvalue weighted by Gasteiger charge is 2.31. The third-order valence-corrected chi connectivity index (χ3v) is 10.8. The number of thiophene rings is 1. The van der Waals surface area contributed by atoms with E-state index in [1.165, 1.54) is 17.0 Å². The molecule has 4 aromatic heterocycles. The average molecular weight is 673 g/mol. The molecule has 0 radical (unpaired) electrons. The van der Waals surface area contributed by atoms with E-state index in [1.54, 1.807) is 16.0 Å². The number of benzene rings is 1. The zero-order valence-electron chi connectivity index (χ0n) is 26.7. The van der Waals surface area contributed by atoms with Crippen LogP contribution < -0.4 is 10.3 Å². The predicted octanol–water partition coefficient (Wildman–Crippen LogP) is 6.04. The standard InChI is InChI=1S/C35H37ClN6O4S/c1-20-14-26(33-32(38-20)28(18-47-33)35(44)45)25-15-23(36)4-7-31(25)46-13-12-42-21(2)39-29-6-5-24(16-27(29)34(42)43)41-10-8-22(9-11-41)30-17-40(3)19-37-30/h4,7,14-15,17-19,22,24H,5-6,8-13,16H2,1-3H3,(H,44,45)/t24-/m0/s1. The van der Waals surface area contributed by atoms with Gasteiger partial charge in [0.25, 0.3) is 5.56 Å². The first-order valence-corrected chi connectivity index (χ1v) is 17.3. The lowest BCUT2D eigenvalue weighted by Gasteiger charge is -2.39. The number of likely N-dealkylation sites (tertiary alicyclic amines) is 1. The predicted molar refractivity (Wildman–Crippen MR) is 183 cm³/mol. The van der Waals surface area contributed by atoms with E-state index in [4.69, 9.17) is 21.3 Å². The first-order chi connectivity index (χ1) is 22.7. The Morgan fingerprint density at radius 1 is 1.13 bits per heavy atom. The van der Waals surface area contributed by atoms with Gasteiger partial charge in [0.1, 0.15) is 18.2 Å². The first kappa shape index (κ1) is 31.5. The number of carboxylic acid groups (broad SMARTS) is 1. The Hall–Kier alpha value is -4.06. The van der Waals surface area contributed by atoms with Crippen molar-refractivity contribution in [1.82, 2.24) is 29.0 Å². The topological polar surface area (TPSA) is 115 Å². The van der Waals surface area contributed by atoms with Crippen LogP contribution in [0.2, 0.25) is 5.02 Å². The summed E-state index contributed by atoms with van der Waals surface area (Å²) in [4.78, 5) is 42.2. The molecule has 2 aliphatic rings. The van der Waals surface area contributed by atoms with E-state index in [9.17, 15) is 14.7 Å². The second-order valence-corrected chi connectivity index (χ2v) is 14.0. The van der Waals surface area contributed by atoms with Crippen LogP contribution in [0.3, 0.4) is 0 Å². The van der Waals surface area contributed by atoms with Gasteiger partial charge in [0, 0.05) is 58.0 Å². The number of imidazole rings is 1. The van der Waals surface area contributed by atoms with Crippen LogP contribution in [0.4, 0.5) is 0 Å². The van der Waals surface area contributed by atoms with E-state index in [1.807, 2.05) is 50.0 Å². The van der Waals surface area contributed by atoms with E-state index in [-0.39, 0.29) is 17.7 Å². The molecule has 10 nitrogen and oxygen atoms in total. The molecule has 244 valence electrons. The van der Waals surface area contributed by atoms with Crippen molar-refractivity contribution in [1.29, 1.82) is 0 Å². The number of halogens is 1. The Bertz CT molecular complexity index is 2040. The molecule has 1 N–H and O–H groups in total. The van der Waals surface area contributed by atoms with Gasteiger partial charge in [-0.2, -0.15) is 0 Å². The Kier molecular flexibility index (Phi) is 8.63. The maximum Gasteiger partial charge on any atom is 0.338 e. The SMILES string of the molecule is Cc1cc(-c2cc(Cl)ccc2OCCn2c(C)nc3c(c2=O)C[C@@H](N2CCC(c4cn(C)cn4)CC2)CC3)c2scc(C(=O)O)c2n1.